The molecule has 1 aromatic rings. The first-order chi connectivity index (χ1) is 6.20. The quantitative estimate of drug-likeness (QED) is 0.637. The van der Waals surface area contributed by atoms with Crippen LogP contribution >= 0.6 is 23.2 Å². The molecule has 0 spiro atoms. The van der Waals surface area contributed by atoms with Crippen LogP contribution < -0.4 is 0 Å². The second kappa shape index (κ2) is 3.32. The first-order valence-corrected chi connectivity index (χ1v) is 4.94. The number of benzene rings is 1. The number of hydrogen-bond donors (Lipinski definition) is 0. The van der Waals surface area contributed by atoms with Gasteiger partial charge in [0, 0.05) is 13.0 Å². The number of aliphatic imine (C=N–C) groups is 1. The van der Waals surface area contributed by atoms with Crippen LogP contribution in [0, 0.1) is 0 Å². The predicted octanol–water partition coefficient (Wildman–Crippen LogP) is 3.05. The summed E-state index contributed by atoms with van der Waals surface area (Å²) in [7, 11) is 0. The van der Waals surface area contributed by atoms with Crippen molar-refractivity contribution < 1.29 is 0 Å². The van der Waals surface area contributed by atoms with Crippen molar-refractivity contribution in [2.75, 3.05) is 6.54 Å². The van der Waals surface area contributed by atoms with E-state index < -0.39 is 4.33 Å². The third-order valence-electron chi connectivity index (χ3n) is 2.09. The fourth-order valence-electron chi connectivity index (χ4n) is 1.44. The lowest BCUT2D eigenvalue weighted by Gasteiger charge is -2.14. The Morgan fingerprint density at radius 3 is 2.38 bits per heavy atom. The molecular formula is C10H9Cl2N. The summed E-state index contributed by atoms with van der Waals surface area (Å²) in [6.45, 7) is 0.719. The van der Waals surface area contributed by atoms with Crippen LogP contribution in [0.25, 0.3) is 0 Å². The molecule has 0 amide bonds. The highest BCUT2D eigenvalue weighted by Gasteiger charge is 2.35. The molecule has 0 N–H and O–H groups in total. The standard InChI is InChI=1S/C10H9Cl2N/c11-10(12)6-7-13-9(10)8-4-2-1-3-5-8/h1-5H,6-7H2. The van der Waals surface area contributed by atoms with Gasteiger partial charge < -0.3 is 0 Å². The number of nitrogens with zero attached hydrogens (tertiary/aromatic N) is 1. The number of hydrogen-bond acceptors (Lipinski definition) is 1. The Bertz CT molecular complexity index is 330. The second-order valence-electron chi connectivity index (χ2n) is 3.05. The molecule has 0 bridgehead atoms. The van der Waals surface area contributed by atoms with E-state index in [4.69, 9.17) is 23.2 Å². The molecule has 1 aliphatic rings. The summed E-state index contributed by atoms with van der Waals surface area (Å²) in [5, 5.41) is 0. The van der Waals surface area contributed by atoms with E-state index in [1.165, 1.54) is 0 Å². The van der Waals surface area contributed by atoms with Crippen molar-refractivity contribution in [1.82, 2.24) is 0 Å². The number of rotatable bonds is 1. The SMILES string of the molecule is ClC1(Cl)CCN=C1c1ccccc1. The van der Waals surface area contributed by atoms with Gasteiger partial charge >= 0.3 is 0 Å². The summed E-state index contributed by atoms with van der Waals surface area (Å²) in [6, 6.07) is 9.83. The number of alkyl halides is 2. The van der Waals surface area contributed by atoms with Gasteiger partial charge in [-0.2, -0.15) is 0 Å². The average Bonchev–Trinajstić information content (AvgIpc) is 2.47. The second-order valence-corrected chi connectivity index (χ2v) is 4.53. The highest BCUT2D eigenvalue weighted by molar-refractivity contribution is 6.61. The van der Waals surface area contributed by atoms with Gasteiger partial charge in [-0.1, -0.05) is 53.5 Å². The fourth-order valence-corrected chi connectivity index (χ4v) is 1.95. The maximum Gasteiger partial charge on any atom is 0.161 e. The predicted molar refractivity (Wildman–Crippen MR) is 56.9 cm³/mol. The van der Waals surface area contributed by atoms with E-state index in [1.807, 2.05) is 30.3 Å². The van der Waals surface area contributed by atoms with E-state index in [1.54, 1.807) is 0 Å². The minimum atomic E-state index is -0.790. The molecule has 13 heavy (non-hydrogen) atoms. The molecular weight excluding hydrogens is 205 g/mol. The topological polar surface area (TPSA) is 12.4 Å². The molecule has 0 unspecified atom stereocenters. The molecule has 0 fully saturated rings. The molecule has 1 heterocycles. The van der Waals surface area contributed by atoms with Crippen molar-refractivity contribution >= 4 is 28.9 Å². The molecule has 0 saturated carbocycles. The van der Waals surface area contributed by atoms with Gasteiger partial charge in [0.25, 0.3) is 0 Å². The summed E-state index contributed by atoms with van der Waals surface area (Å²) in [5.74, 6) is 0. The highest BCUT2D eigenvalue weighted by Crippen LogP contribution is 2.34. The molecule has 1 aromatic carbocycles. The summed E-state index contributed by atoms with van der Waals surface area (Å²) < 4.78 is -0.790. The van der Waals surface area contributed by atoms with Crippen molar-refractivity contribution in [1.29, 1.82) is 0 Å². The molecule has 0 saturated heterocycles. The zero-order chi connectivity index (χ0) is 9.31. The Balaban J connectivity index is 2.38. The van der Waals surface area contributed by atoms with Gasteiger partial charge in [-0.15, -0.1) is 0 Å². The van der Waals surface area contributed by atoms with Gasteiger partial charge in [0.1, 0.15) is 0 Å². The van der Waals surface area contributed by atoms with Crippen LogP contribution in [-0.4, -0.2) is 16.6 Å². The van der Waals surface area contributed by atoms with Crippen LogP contribution in [0.1, 0.15) is 12.0 Å². The Hall–Kier alpha value is -0.530. The molecule has 2 rings (SSSR count). The summed E-state index contributed by atoms with van der Waals surface area (Å²) >= 11 is 12.2. The molecule has 0 radical (unpaired) electrons. The maximum atomic E-state index is 6.10. The normalized spacial score (nSPS) is 20.0. The van der Waals surface area contributed by atoms with Crippen LogP contribution in [0.2, 0.25) is 0 Å². The van der Waals surface area contributed by atoms with Crippen molar-refractivity contribution in [3.63, 3.8) is 0 Å². The van der Waals surface area contributed by atoms with Gasteiger partial charge in [-0.05, 0) is 5.56 Å². The van der Waals surface area contributed by atoms with E-state index in [0.717, 1.165) is 17.8 Å². The van der Waals surface area contributed by atoms with E-state index in [0.29, 0.717) is 6.42 Å². The van der Waals surface area contributed by atoms with E-state index in [-0.39, 0.29) is 0 Å². The zero-order valence-electron chi connectivity index (χ0n) is 7.00. The summed E-state index contributed by atoms with van der Waals surface area (Å²) in [4.78, 5) is 4.31. The minimum absolute atomic E-state index is 0.709. The lowest BCUT2D eigenvalue weighted by Crippen LogP contribution is -2.22. The van der Waals surface area contributed by atoms with Gasteiger partial charge in [0.2, 0.25) is 0 Å². The third-order valence-corrected chi connectivity index (χ3v) is 2.83. The van der Waals surface area contributed by atoms with E-state index >= 15 is 0 Å². The maximum absolute atomic E-state index is 6.10. The molecule has 1 nitrogen and oxygen atoms in total. The Morgan fingerprint density at radius 2 is 1.85 bits per heavy atom. The van der Waals surface area contributed by atoms with Crippen molar-refractivity contribution in [3.05, 3.63) is 35.9 Å². The molecule has 0 aliphatic carbocycles. The van der Waals surface area contributed by atoms with Crippen LogP contribution in [-0.2, 0) is 0 Å². The molecule has 3 heteroatoms. The first-order valence-electron chi connectivity index (χ1n) is 4.18. The van der Waals surface area contributed by atoms with Crippen molar-refractivity contribution in [2.24, 2.45) is 4.99 Å². The zero-order valence-corrected chi connectivity index (χ0v) is 8.52. The van der Waals surface area contributed by atoms with Crippen molar-refractivity contribution in [3.8, 4) is 0 Å². The lowest BCUT2D eigenvalue weighted by atomic mass is 10.1. The molecule has 68 valence electrons. The lowest BCUT2D eigenvalue weighted by molar-refractivity contribution is 0.911. The monoisotopic (exact) mass is 213 g/mol. The Labute approximate surface area is 87.4 Å². The van der Waals surface area contributed by atoms with E-state index in [9.17, 15) is 0 Å². The molecule has 1 aliphatic heterocycles. The summed E-state index contributed by atoms with van der Waals surface area (Å²) in [5.41, 5.74) is 1.82. The largest absolute Gasteiger partial charge is 0.286 e. The van der Waals surface area contributed by atoms with Crippen LogP contribution in [0.5, 0.6) is 0 Å². The van der Waals surface area contributed by atoms with Crippen LogP contribution in [0.3, 0.4) is 0 Å². The average molecular weight is 214 g/mol. The Morgan fingerprint density at radius 1 is 1.15 bits per heavy atom. The van der Waals surface area contributed by atoms with Gasteiger partial charge in [0.05, 0.1) is 5.71 Å². The highest BCUT2D eigenvalue weighted by atomic mass is 35.5. The molecule has 0 atom stereocenters. The van der Waals surface area contributed by atoms with E-state index in [2.05, 4.69) is 4.99 Å². The van der Waals surface area contributed by atoms with Crippen LogP contribution in [0.4, 0.5) is 0 Å². The smallest absolute Gasteiger partial charge is 0.161 e. The van der Waals surface area contributed by atoms with Crippen LogP contribution in [0.15, 0.2) is 35.3 Å². The first kappa shape index (κ1) is 9.04. The minimum Gasteiger partial charge on any atom is -0.286 e. The fraction of sp³-hybridized carbons (Fsp3) is 0.300. The summed E-state index contributed by atoms with van der Waals surface area (Å²) in [6.07, 6.45) is 0.709. The Kier molecular flexibility index (Phi) is 2.31. The van der Waals surface area contributed by atoms with Gasteiger partial charge in [0.15, 0.2) is 4.33 Å². The third kappa shape index (κ3) is 1.72. The number of halogens is 2. The van der Waals surface area contributed by atoms with Gasteiger partial charge in [-0.25, -0.2) is 0 Å². The molecule has 0 aromatic heterocycles. The van der Waals surface area contributed by atoms with Gasteiger partial charge in [-0.3, -0.25) is 4.99 Å². The van der Waals surface area contributed by atoms with Crippen molar-refractivity contribution in [2.45, 2.75) is 10.8 Å².